The van der Waals surface area contributed by atoms with Crippen molar-refractivity contribution in [3.8, 4) is 5.88 Å². The van der Waals surface area contributed by atoms with Crippen LogP contribution in [0.25, 0.3) is 0 Å². The molecular formula is C14H14F3N3O. The number of hydrogen-bond donors (Lipinski definition) is 1. The van der Waals surface area contributed by atoms with Crippen LogP contribution in [0, 0.1) is 6.92 Å². The lowest BCUT2D eigenvalue weighted by Gasteiger charge is -2.17. The lowest BCUT2D eigenvalue weighted by atomic mass is 10.1. The molecule has 1 aromatic heterocycles. The molecule has 7 heteroatoms. The minimum atomic E-state index is -4.44. The summed E-state index contributed by atoms with van der Waals surface area (Å²) in [6.07, 6.45) is -1.54. The van der Waals surface area contributed by atoms with Crippen molar-refractivity contribution in [3.05, 3.63) is 47.4 Å². The molecule has 0 spiro atoms. The molecule has 0 aliphatic rings. The first-order chi connectivity index (χ1) is 9.91. The van der Waals surface area contributed by atoms with Crippen molar-refractivity contribution >= 4 is 5.69 Å². The predicted molar refractivity (Wildman–Crippen MR) is 72.1 cm³/mol. The third-order valence-corrected chi connectivity index (χ3v) is 2.85. The van der Waals surface area contributed by atoms with Crippen LogP contribution in [0.1, 0.15) is 16.8 Å². The van der Waals surface area contributed by atoms with Crippen LogP contribution in [0.15, 0.2) is 30.6 Å². The van der Waals surface area contributed by atoms with Gasteiger partial charge >= 0.3 is 6.18 Å². The Morgan fingerprint density at radius 1 is 1.24 bits per heavy atom. The molecule has 0 bridgehead atoms. The zero-order valence-corrected chi connectivity index (χ0v) is 11.5. The van der Waals surface area contributed by atoms with E-state index in [2.05, 4.69) is 15.3 Å². The molecule has 1 aromatic carbocycles. The molecule has 4 nitrogen and oxygen atoms in total. The largest absolute Gasteiger partial charge is 0.472 e. The standard InChI is InChI=1S/C14H14F3N3O/c1-9-6-19-7-13(20-9)21-8-10-11(14(15,16)17)4-3-5-12(10)18-2/h3-7,18H,8H2,1-2H3. The summed E-state index contributed by atoms with van der Waals surface area (Å²) in [6.45, 7) is 1.48. The van der Waals surface area contributed by atoms with Crippen LogP contribution in [0.4, 0.5) is 18.9 Å². The topological polar surface area (TPSA) is 47.0 Å². The fraction of sp³-hybridized carbons (Fsp3) is 0.286. The van der Waals surface area contributed by atoms with Gasteiger partial charge in [-0.1, -0.05) is 6.07 Å². The van der Waals surface area contributed by atoms with E-state index in [9.17, 15) is 13.2 Å². The Hall–Kier alpha value is -2.31. The smallest absolute Gasteiger partial charge is 0.416 e. The maximum absolute atomic E-state index is 13.0. The van der Waals surface area contributed by atoms with Crippen LogP contribution < -0.4 is 10.1 Å². The highest BCUT2D eigenvalue weighted by molar-refractivity contribution is 5.55. The Balaban J connectivity index is 2.30. The number of halogens is 3. The van der Waals surface area contributed by atoms with Gasteiger partial charge in [-0.2, -0.15) is 13.2 Å². The van der Waals surface area contributed by atoms with Crippen molar-refractivity contribution in [1.82, 2.24) is 9.97 Å². The fourth-order valence-corrected chi connectivity index (χ4v) is 1.90. The number of nitrogens with one attached hydrogen (secondary N) is 1. The summed E-state index contributed by atoms with van der Waals surface area (Å²) in [5, 5.41) is 2.74. The minimum absolute atomic E-state index is 0.0378. The third kappa shape index (κ3) is 3.62. The maximum atomic E-state index is 13.0. The Morgan fingerprint density at radius 3 is 2.62 bits per heavy atom. The molecule has 0 saturated carbocycles. The average Bonchev–Trinajstić information content (AvgIpc) is 2.43. The van der Waals surface area contributed by atoms with Crippen LogP contribution in [-0.2, 0) is 12.8 Å². The molecule has 1 N–H and O–H groups in total. The van der Waals surface area contributed by atoms with Gasteiger partial charge in [-0.3, -0.25) is 4.98 Å². The predicted octanol–water partition coefficient (Wildman–Crippen LogP) is 3.42. The number of ether oxygens (including phenoxy) is 1. The lowest BCUT2D eigenvalue weighted by Crippen LogP contribution is -2.13. The van der Waals surface area contributed by atoms with E-state index in [1.807, 2.05) is 0 Å². The van der Waals surface area contributed by atoms with E-state index in [4.69, 9.17) is 4.74 Å². The van der Waals surface area contributed by atoms with Crippen molar-refractivity contribution in [3.63, 3.8) is 0 Å². The Morgan fingerprint density at radius 2 is 2.00 bits per heavy atom. The monoisotopic (exact) mass is 297 g/mol. The summed E-state index contributed by atoms with van der Waals surface area (Å²) in [5.74, 6) is 0.189. The molecule has 0 amide bonds. The van der Waals surface area contributed by atoms with Crippen LogP contribution in [0.2, 0.25) is 0 Å². The summed E-state index contributed by atoms with van der Waals surface area (Å²) >= 11 is 0. The van der Waals surface area contributed by atoms with Crippen molar-refractivity contribution in [1.29, 1.82) is 0 Å². The lowest BCUT2D eigenvalue weighted by molar-refractivity contribution is -0.138. The zero-order chi connectivity index (χ0) is 15.5. The molecule has 1 heterocycles. The van der Waals surface area contributed by atoms with Gasteiger partial charge in [0, 0.05) is 24.5 Å². The summed E-state index contributed by atoms with van der Waals surface area (Å²) in [6, 6.07) is 3.95. The Bertz CT molecular complexity index is 629. The number of anilines is 1. The van der Waals surface area contributed by atoms with E-state index < -0.39 is 11.7 Å². The second-order valence-electron chi connectivity index (χ2n) is 4.37. The molecule has 0 fully saturated rings. The van der Waals surface area contributed by atoms with Gasteiger partial charge in [-0.15, -0.1) is 0 Å². The first-order valence-electron chi connectivity index (χ1n) is 6.20. The van der Waals surface area contributed by atoms with E-state index in [1.165, 1.54) is 18.5 Å². The number of alkyl halides is 3. The fourth-order valence-electron chi connectivity index (χ4n) is 1.90. The number of rotatable bonds is 4. The van der Waals surface area contributed by atoms with E-state index in [1.54, 1.807) is 20.0 Å². The van der Waals surface area contributed by atoms with Crippen LogP contribution in [-0.4, -0.2) is 17.0 Å². The van der Waals surface area contributed by atoms with Crippen molar-refractivity contribution in [2.75, 3.05) is 12.4 Å². The molecule has 0 saturated heterocycles. The average molecular weight is 297 g/mol. The van der Waals surface area contributed by atoms with Crippen LogP contribution in [0.3, 0.4) is 0 Å². The van der Waals surface area contributed by atoms with Gasteiger partial charge < -0.3 is 10.1 Å². The summed E-state index contributed by atoms with van der Waals surface area (Å²) in [7, 11) is 1.56. The second-order valence-corrected chi connectivity index (χ2v) is 4.37. The first kappa shape index (κ1) is 15.1. The van der Waals surface area contributed by atoms with Crippen molar-refractivity contribution < 1.29 is 17.9 Å². The number of aryl methyl sites for hydroxylation is 1. The normalized spacial score (nSPS) is 11.3. The van der Waals surface area contributed by atoms with Gasteiger partial charge in [0.1, 0.15) is 6.61 Å². The van der Waals surface area contributed by atoms with E-state index in [0.717, 1.165) is 6.07 Å². The molecule has 21 heavy (non-hydrogen) atoms. The number of aromatic nitrogens is 2. The second kappa shape index (κ2) is 5.99. The van der Waals surface area contributed by atoms with Crippen molar-refractivity contribution in [2.45, 2.75) is 19.7 Å². The van der Waals surface area contributed by atoms with E-state index in [-0.39, 0.29) is 18.1 Å². The molecule has 0 aliphatic heterocycles. The highest BCUT2D eigenvalue weighted by Crippen LogP contribution is 2.35. The first-order valence-corrected chi connectivity index (χ1v) is 6.20. The van der Waals surface area contributed by atoms with Crippen molar-refractivity contribution in [2.24, 2.45) is 0 Å². The highest BCUT2D eigenvalue weighted by Gasteiger charge is 2.34. The molecule has 112 valence electrons. The van der Waals surface area contributed by atoms with Gasteiger partial charge in [0.15, 0.2) is 0 Å². The number of hydrogen-bond acceptors (Lipinski definition) is 4. The van der Waals surface area contributed by atoms with Gasteiger partial charge in [-0.25, -0.2) is 4.98 Å². The Labute approximate surface area is 120 Å². The third-order valence-electron chi connectivity index (χ3n) is 2.85. The summed E-state index contributed by atoms with van der Waals surface area (Å²) in [5.41, 5.74) is 0.307. The molecule has 0 unspecified atom stereocenters. The molecule has 2 aromatic rings. The molecule has 0 atom stereocenters. The Kier molecular flexibility index (Phi) is 4.30. The summed E-state index contributed by atoms with van der Waals surface area (Å²) < 4.78 is 44.5. The maximum Gasteiger partial charge on any atom is 0.416 e. The van der Waals surface area contributed by atoms with E-state index in [0.29, 0.717) is 11.4 Å². The minimum Gasteiger partial charge on any atom is -0.472 e. The SMILES string of the molecule is CNc1cccc(C(F)(F)F)c1COc1cncc(C)n1. The highest BCUT2D eigenvalue weighted by atomic mass is 19.4. The summed E-state index contributed by atoms with van der Waals surface area (Å²) in [4.78, 5) is 7.93. The molecular weight excluding hydrogens is 283 g/mol. The van der Waals surface area contributed by atoms with Gasteiger partial charge in [0.25, 0.3) is 0 Å². The van der Waals surface area contributed by atoms with Gasteiger partial charge in [-0.05, 0) is 19.1 Å². The molecule has 0 radical (unpaired) electrons. The van der Waals surface area contributed by atoms with Crippen LogP contribution in [0.5, 0.6) is 5.88 Å². The zero-order valence-electron chi connectivity index (χ0n) is 11.5. The van der Waals surface area contributed by atoms with Gasteiger partial charge in [0.05, 0.1) is 17.5 Å². The van der Waals surface area contributed by atoms with E-state index >= 15 is 0 Å². The molecule has 2 rings (SSSR count). The quantitative estimate of drug-likeness (QED) is 0.939. The number of nitrogens with zero attached hydrogens (tertiary/aromatic N) is 2. The van der Waals surface area contributed by atoms with Crippen LogP contribution >= 0.6 is 0 Å². The van der Waals surface area contributed by atoms with Gasteiger partial charge in [0.2, 0.25) is 5.88 Å². The number of benzene rings is 1. The molecule has 0 aliphatic carbocycles.